The largest absolute Gasteiger partial charge is 0.310 e. The first-order valence-electron chi connectivity index (χ1n) is 33.7. The predicted octanol–water partition coefficient (Wildman–Crippen LogP) is 24.1. The molecule has 0 saturated carbocycles. The predicted molar refractivity (Wildman–Crippen MR) is 414 cm³/mol. The van der Waals surface area contributed by atoms with E-state index in [2.05, 4.69) is 373 Å². The zero-order valence-corrected chi connectivity index (χ0v) is 55.8. The number of fused-ring (bicyclic) bond motifs is 8. The Bertz CT molecular complexity index is 5270. The summed E-state index contributed by atoms with van der Waals surface area (Å²) in [6, 6.07) is 122. The summed E-state index contributed by atoms with van der Waals surface area (Å²) in [7, 11) is 0. The Labute approximate surface area is 568 Å². The Kier molecular flexibility index (Phi) is 14.4. The van der Waals surface area contributed by atoms with Crippen LogP contribution in [-0.4, -0.2) is 6.71 Å². The molecule has 0 radical (unpaired) electrons. The van der Waals surface area contributed by atoms with Crippen LogP contribution in [0, 0.1) is 0 Å². The molecule has 15 aromatic rings. The van der Waals surface area contributed by atoms with Crippen LogP contribution in [-0.2, 0) is 10.8 Å². The van der Waals surface area contributed by atoms with E-state index in [1.807, 2.05) is 11.3 Å². The van der Waals surface area contributed by atoms with Gasteiger partial charge in [0.05, 0.1) is 21.8 Å². The van der Waals surface area contributed by atoms with E-state index in [1.54, 1.807) is 0 Å². The van der Waals surface area contributed by atoms with Gasteiger partial charge in [-0.25, -0.2) is 0 Å². The Morgan fingerprint density at radius 2 is 0.552 bits per heavy atom. The molecule has 458 valence electrons. The molecule has 14 aromatic carbocycles. The van der Waals surface area contributed by atoms with Crippen molar-refractivity contribution in [3.05, 3.63) is 333 Å². The van der Waals surface area contributed by atoms with E-state index in [9.17, 15) is 0 Å². The summed E-state index contributed by atoms with van der Waals surface area (Å²) in [5.41, 5.74) is 31.5. The minimum Gasteiger partial charge on any atom is -0.310 e. The van der Waals surface area contributed by atoms with Gasteiger partial charge in [-0.05, 0) is 154 Å². The van der Waals surface area contributed by atoms with Gasteiger partial charge in [0.25, 0.3) is 6.71 Å². The van der Waals surface area contributed by atoms with Gasteiger partial charge in [0.15, 0.2) is 0 Å². The van der Waals surface area contributed by atoms with Gasteiger partial charge in [0.2, 0.25) is 0 Å². The van der Waals surface area contributed by atoms with Gasteiger partial charge in [-0.3, -0.25) is 0 Å². The molecule has 0 unspecified atom stereocenters. The van der Waals surface area contributed by atoms with Crippen LogP contribution in [0.2, 0.25) is 0 Å². The van der Waals surface area contributed by atoms with E-state index in [4.69, 9.17) is 0 Å². The fourth-order valence-electron chi connectivity index (χ4n) is 15.2. The van der Waals surface area contributed by atoms with Crippen LogP contribution in [0.1, 0.15) is 52.7 Å². The van der Waals surface area contributed by atoms with Gasteiger partial charge in [0.1, 0.15) is 0 Å². The lowest BCUT2D eigenvalue weighted by molar-refractivity contribution is 0.590. The molecule has 0 fully saturated rings. The molecule has 0 atom stereocenters. The lowest BCUT2D eigenvalue weighted by Crippen LogP contribution is -2.61. The maximum Gasteiger partial charge on any atom is 0.252 e. The van der Waals surface area contributed by atoms with Crippen LogP contribution in [0.15, 0.2) is 322 Å². The molecule has 2 aliphatic heterocycles. The van der Waals surface area contributed by atoms with Gasteiger partial charge in [-0.1, -0.05) is 315 Å². The number of rotatable bonds is 10. The molecule has 2 aliphatic rings. The average Bonchev–Trinajstić information content (AvgIpc) is 1.04. The van der Waals surface area contributed by atoms with Crippen molar-refractivity contribution in [1.82, 2.24) is 0 Å². The van der Waals surface area contributed by atoms with Gasteiger partial charge < -0.3 is 9.80 Å². The Balaban J connectivity index is 1.14. The van der Waals surface area contributed by atoms with Crippen LogP contribution < -0.4 is 26.2 Å². The van der Waals surface area contributed by atoms with Crippen LogP contribution in [0.5, 0.6) is 0 Å². The molecule has 96 heavy (non-hydrogen) atoms. The number of hydrogen-bond donors (Lipinski definition) is 0. The zero-order valence-electron chi connectivity index (χ0n) is 55.0. The fourth-order valence-corrected chi connectivity index (χ4v) is 16.4. The van der Waals surface area contributed by atoms with E-state index in [0.717, 1.165) is 61.8 Å². The first-order chi connectivity index (χ1) is 46.9. The summed E-state index contributed by atoms with van der Waals surface area (Å²) in [6.07, 6.45) is 0. The smallest absolute Gasteiger partial charge is 0.252 e. The van der Waals surface area contributed by atoms with Gasteiger partial charge in [-0.15, -0.1) is 11.3 Å². The third-order valence-electron chi connectivity index (χ3n) is 19.9. The molecule has 3 heterocycles. The third-order valence-corrected chi connectivity index (χ3v) is 21.1. The highest BCUT2D eigenvalue weighted by molar-refractivity contribution is 7.26. The lowest BCUT2D eigenvalue weighted by atomic mass is 9.33. The molecule has 0 aliphatic carbocycles. The Hall–Kier alpha value is -11.0. The number of benzene rings is 14. The van der Waals surface area contributed by atoms with Crippen molar-refractivity contribution in [3.63, 3.8) is 0 Å². The van der Waals surface area contributed by atoms with Crippen molar-refractivity contribution in [2.75, 3.05) is 9.80 Å². The van der Waals surface area contributed by atoms with Crippen molar-refractivity contribution >= 4 is 88.7 Å². The van der Waals surface area contributed by atoms with Crippen LogP contribution in [0.25, 0.3) is 109 Å². The molecule has 0 N–H and O–H groups in total. The normalized spacial score (nSPS) is 12.6. The highest BCUT2D eigenvalue weighted by atomic mass is 32.1. The summed E-state index contributed by atoms with van der Waals surface area (Å²) in [5, 5.41) is 2.46. The average molecular weight is 1250 g/mol. The Morgan fingerprint density at radius 1 is 0.260 bits per heavy atom. The molecule has 0 spiro atoms. The topological polar surface area (TPSA) is 6.48 Å². The molecular formula is C92H71BN2S. The van der Waals surface area contributed by atoms with E-state index in [0.29, 0.717) is 0 Å². The summed E-state index contributed by atoms with van der Waals surface area (Å²) in [6.45, 7) is 13.9. The molecule has 2 nitrogen and oxygen atoms in total. The van der Waals surface area contributed by atoms with Crippen LogP contribution in [0.3, 0.4) is 0 Å². The van der Waals surface area contributed by atoms with Crippen molar-refractivity contribution in [2.24, 2.45) is 0 Å². The monoisotopic (exact) mass is 1250 g/mol. The first-order valence-corrected chi connectivity index (χ1v) is 34.5. The van der Waals surface area contributed by atoms with E-state index in [1.165, 1.54) is 109 Å². The molecule has 1 aromatic heterocycles. The molecule has 4 heteroatoms. The number of nitrogens with zero attached hydrogens (tertiary/aromatic N) is 2. The molecule has 0 saturated heterocycles. The minimum atomic E-state index is -0.287. The second-order valence-corrected chi connectivity index (χ2v) is 29.0. The number of anilines is 6. The molecule has 17 rings (SSSR count). The summed E-state index contributed by atoms with van der Waals surface area (Å²) in [5.74, 6) is 0. The second-order valence-electron chi connectivity index (χ2n) is 27.9. The van der Waals surface area contributed by atoms with Crippen molar-refractivity contribution in [3.8, 4) is 89.0 Å². The maximum absolute atomic E-state index is 2.78. The molecule has 0 bridgehead atoms. The van der Waals surface area contributed by atoms with Crippen molar-refractivity contribution in [2.45, 2.75) is 52.4 Å². The SMILES string of the molecule is CC(C)(C)c1cc(-c2ccccc2)c(N2c3cc(-c4ccccc4)c(-c4ccccc4)cc3B3c4cc(-c5ccccc5)c(-c5ccccc5)cc4N(c4c(-c5ccccc5)cc(C(C)(C)C)cc4-c4ccccc4)c4c3c2cc2c4sc3ccccc32)c(-c2ccccc2)c1. The second kappa shape index (κ2) is 23.5. The number of thiophene rings is 1. The summed E-state index contributed by atoms with van der Waals surface area (Å²) < 4.78 is 2.50. The van der Waals surface area contributed by atoms with Crippen molar-refractivity contribution < 1.29 is 0 Å². The van der Waals surface area contributed by atoms with E-state index < -0.39 is 0 Å². The third kappa shape index (κ3) is 10.0. The van der Waals surface area contributed by atoms with Gasteiger partial charge >= 0.3 is 0 Å². The van der Waals surface area contributed by atoms with Gasteiger partial charge in [-0.2, -0.15) is 0 Å². The number of hydrogen-bond acceptors (Lipinski definition) is 3. The van der Waals surface area contributed by atoms with E-state index >= 15 is 0 Å². The minimum absolute atomic E-state index is 0.191. The molecule has 0 amide bonds. The quantitative estimate of drug-likeness (QED) is 0.126. The van der Waals surface area contributed by atoms with Crippen LogP contribution >= 0.6 is 11.3 Å². The highest BCUT2D eigenvalue weighted by Crippen LogP contribution is 2.58. The Morgan fingerprint density at radius 3 is 0.896 bits per heavy atom. The molecular weight excluding hydrogens is 1180 g/mol. The lowest BCUT2D eigenvalue weighted by Gasteiger charge is -2.46. The first kappa shape index (κ1) is 58.8. The summed E-state index contributed by atoms with van der Waals surface area (Å²) >= 11 is 1.93. The van der Waals surface area contributed by atoms with Gasteiger partial charge in [0, 0.05) is 54.8 Å². The van der Waals surface area contributed by atoms with Crippen LogP contribution in [0.4, 0.5) is 34.1 Å². The summed E-state index contributed by atoms with van der Waals surface area (Å²) in [4.78, 5) is 5.52. The maximum atomic E-state index is 2.78. The van der Waals surface area contributed by atoms with Crippen molar-refractivity contribution in [1.29, 1.82) is 0 Å². The highest BCUT2D eigenvalue weighted by Gasteiger charge is 2.48. The van der Waals surface area contributed by atoms with E-state index in [-0.39, 0.29) is 17.5 Å². The standard InChI is InChI=1S/C92H71BN2S/c1-91(2,3)68-51-75(64-41-23-11-24-42-64)87(76(52-68)65-43-25-12-26-44-65)94-82-57-73(62-37-19-9-20-38-62)71(60-33-15-7-16-34-60)55-80(82)93-81-56-72(61-35-17-8-18-36-61)74(63-39-21-10-22-40-63)58-83(81)95(89-86(93)84(94)59-79-70-49-31-32-50-85(70)96-90(79)89)88-77(66-45-27-13-28-46-66)53-69(92(4,5)6)54-78(88)67-47-29-14-30-48-67/h7-59H,1-6H3. The zero-order chi connectivity index (χ0) is 64.8. The fraction of sp³-hybridized carbons (Fsp3) is 0.0870.